The van der Waals surface area contributed by atoms with Crippen LogP contribution >= 0.6 is 0 Å². The number of aryl methyl sites for hydroxylation is 2. The van der Waals surface area contributed by atoms with Crippen LogP contribution in [0.3, 0.4) is 0 Å². The van der Waals surface area contributed by atoms with Gasteiger partial charge in [-0.15, -0.1) is 0 Å². The number of nitrogens with zero attached hydrogens (tertiary/aromatic N) is 2. The van der Waals surface area contributed by atoms with E-state index >= 15 is 0 Å². The molecule has 6 nitrogen and oxygen atoms in total. The molecule has 2 rings (SSSR count). The summed E-state index contributed by atoms with van der Waals surface area (Å²) in [5.41, 5.74) is 0.825. The van der Waals surface area contributed by atoms with Crippen LogP contribution in [0.15, 0.2) is 24.3 Å². The molecule has 0 aliphatic heterocycles. The number of anilines is 1. The number of aromatic nitrogens is 2. The average Bonchev–Trinajstić information content (AvgIpc) is 2.82. The van der Waals surface area contributed by atoms with Crippen LogP contribution in [0.2, 0.25) is 0 Å². The maximum absolute atomic E-state index is 13.3. The molecule has 0 saturated heterocycles. The van der Waals surface area contributed by atoms with Gasteiger partial charge in [0.1, 0.15) is 11.5 Å². The third-order valence-corrected chi connectivity index (χ3v) is 2.98. The minimum absolute atomic E-state index is 0.207. The average molecular weight is 291 g/mol. The molecular weight excluding hydrogens is 277 g/mol. The molecule has 0 aliphatic rings. The van der Waals surface area contributed by atoms with Gasteiger partial charge in [-0.2, -0.15) is 5.10 Å². The van der Waals surface area contributed by atoms with E-state index in [1.165, 1.54) is 10.7 Å². The summed E-state index contributed by atoms with van der Waals surface area (Å²) >= 11 is 0. The number of carbonyl (C=O) groups is 2. The molecule has 7 heteroatoms. The zero-order valence-corrected chi connectivity index (χ0v) is 11.6. The first-order chi connectivity index (χ1) is 9.92. The normalized spacial score (nSPS) is 10.4. The summed E-state index contributed by atoms with van der Waals surface area (Å²) in [4.78, 5) is 23.0. The van der Waals surface area contributed by atoms with E-state index in [-0.39, 0.29) is 5.69 Å². The van der Waals surface area contributed by atoms with Crippen LogP contribution in [0, 0.1) is 5.82 Å². The molecule has 2 aromatic rings. The van der Waals surface area contributed by atoms with E-state index in [1.54, 1.807) is 13.1 Å². The van der Waals surface area contributed by atoms with Crippen molar-refractivity contribution in [1.29, 1.82) is 0 Å². The van der Waals surface area contributed by atoms with Gasteiger partial charge in [0.25, 0.3) is 5.91 Å². The second-order valence-electron chi connectivity index (χ2n) is 4.45. The Kier molecular flexibility index (Phi) is 4.02. The van der Waals surface area contributed by atoms with Gasteiger partial charge in [-0.05, 0) is 30.7 Å². The summed E-state index contributed by atoms with van der Waals surface area (Å²) < 4.78 is 14.7. The van der Waals surface area contributed by atoms with Crippen LogP contribution in [0.25, 0.3) is 0 Å². The van der Waals surface area contributed by atoms with E-state index in [0.717, 1.165) is 17.8 Å². The van der Waals surface area contributed by atoms with E-state index in [2.05, 4.69) is 10.4 Å². The third-order valence-electron chi connectivity index (χ3n) is 2.98. The lowest BCUT2D eigenvalue weighted by Gasteiger charge is -2.06. The smallest absolute Gasteiger partial charge is 0.338 e. The summed E-state index contributed by atoms with van der Waals surface area (Å²) in [6.45, 7) is 1.92. The second-order valence-corrected chi connectivity index (χ2v) is 4.45. The van der Waals surface area contributed by atoms with E-state index in [0.29, 0.717) is 12.1 Å². The Morgan fingerprint density at radius 1 is 1.38 bits per heavy atom. The molecule has 0 bridgehead atoms. The maximum Gasteiger partial charge on any atom is 0.338 e. The fourth-order valence-corrected chi connectivity index (χ4v) is 1.87. The minimum Gasteiger partial charge on any atom is -0.478 e. The highest BCUT2D eigenvalue weighted by Gasteiger charge is 2.15. The van der Waals surface area contributed by atoms with Gasteiger partial charge in [0, 0.05) is 12.7 Å². The molecule has 0 fully saturated rings. The topological polar surface area (TPSA) is 84.2 Å². The molecule has 0 spiro atoms. The van der Waals surface area contributed by atoms with Crippen molar-refractivity contribution in [1.82, 2.24) is 9.78 Å². The van der Waals surface area contributed by atoms with Gasteiger partial charge in [0.2, 0.25) is 0 Å². The van der Waals surface area contributed by atoms with Crippen LogP contribution < -0.4 is 5.32 Å². The molecule has 2 N–H and O–H groups in total. The number of nitrogens with one attached hydrogen (secondary N) is 1. The summed E-state index contributed by atoms with van der Waals surface area (Å²) in [6.07, 6.45) is 0.695. The predicted octanol–water partition coefficient (Wildman–Crippen LogP) is 2.07. The number of rotatable bonds is 4. The fourth-order valence-electron chi connectivity index (χ4n) is 1.87. The first kappa shape index (κ1) is 14.7. The Morgan fingerprint density at radius 2 is 2.10 bits per heavy atom. The zero-order chi connectivity index (χ0) is 15.6. The molecule has 0 atom stereocenters. The highest BCUT2D eigenvalue weighted by atomic mass is 19.1. The molecule has 21 heavy (non-hydrogen) atoms. The maximum atomic E-state index is 13.3. The summed E-state index contributed by atoms with van der Waals surface area (Å²) in [5.74, 6) is -2.68. The lowest BCUT2D eigenvalue weighted by molar-refractivity contribution is 0.0691. The first-order valence-electron chi connectivity index (χ1n) is 6.29. The monoisotopic (exact) mass is 291 g/mol. The van der Waals surface area contributed by atoms with Gasteiger partial charge in [0.05, 0.1) is 11.3 Å². The number of halogens is 1. The Balaban J connectivity index is 2.25. The van der Waals surface area contributed by atoms with Crippen LogP contribution in [0.5, 0.6) is 0 Å². The van der Waals surface area contributed by atoms with Crippen molar-refractivity contribution in [2.75, 3.05) is 5.32 Å². The van der Waals surface area contributed by atoms with Crippen LogP contribution in [0.1, 0.15) is 33.5 Å². The number of amides is 1. The molecule has 1 amide bonds. The Labute approximate surface area is 120 Å². The van der Waals surface area contributed by atoms with Crippen LogP contribution in [0.4, 0.5) is 10.1 Å². The quantitative estimate of drug-likeness (QED) is 0.903. The second kappa shape index (κ2) is 5.74. The highest BCUT2D eigenvalue weighted by molar-refractivity contribution is 6.03. The summed E-state index contributed by atoms with van der Waals surface area (Å²) in [5, 5.41) is 15.5. The molecule has 0 radical (unpaired) electrons. The van der Waals surface area contributed by atoms with E-state index in [1.807, 2.05) is 6.92 Å². The summed E-state index contributed by atoms with van der Waals surface area (Å²) in [6, 6.07) is 5.03. The molecule has 1 aromatic carbocycles. The molecule has 1 heterocycles. The molecule has 0 unspecified atom stereocenters. The molecule has 0 aliphatic carbocycles. The van der Waals surface area contributed by atoms with Gasteiger partial charge in [-0.25, -0.2) is 9.18 Å². The lowest BCUT2D eigenvalue weighted by Crippen LogP contribution is -2.16. The largest absolute Gasteiger partial charge is 0.478 e. The predicted molar refractivity (Wildman–Crippen MR) is 73.9 cm³/mol. The van der Waals surface area contributed by atoms with Crippen LogP contribution in [-0.2, 0) is 13.5 Å². The van der Waals surface area contributed by atoms with Gasteiger partial charge in [-0.1, -0.05) is 6.92 Å². The Hall–Kier alpha value is -2.70. The van der Waals surface area contributed by atoms with Crippen molar-refractivity contribution in [2.45, 2.75) is 13.3 Å². The van der Waals surface area contributed by atoms with E-state index < -0.39 is 23.3 Å². The van der Waals surface area contributed by atoms with Crippen molar-refractivity contribution in [3.8, 4) is 0 Å². The number of aromatic carboxylic acids is 1. The SMILES string of the molecule is CCc1cc(C(=O)Nc2ccc(F)c(C(=O)O)c2)n(C)n1. The standard InChI is InChI=1S/C14H14FN3O3/c1-3-8-7-12(18(2)17-8)13(19)16-9-4-5-11(15)10(6-9)14(20)21/h4-7H,3H2,1-2H3,(H,16,19)(H,20,21). The van der Waals surface area contributed by atoms with Gasteiger partial charge in [-0.3, -0.25) is 9.48 Å². The minimum atomic E-state index is -1.39. The van der Waals surface area contributed by atoms with Crippen molar-refractivity contribution in [3.63, 3.8) is 0 Å². The fraction of sp³-hybridized carbons (Fsp3) is 0.214. The van der Waals surface area contributed by atoms with Gasteiger partial charge in [0.15, 0.2) is 0 Å². The van der Waals surface area contributed by atoms with Crippen molar-refractivity contribution in [3.05, 3.63) is 47.0 Å². The van der Waals surface area contributed by atoms with Gasteiger partial charge < -0.3 is 10.4 Å². The van der Waals surface area contributed by atoms with Gasteiger partial charge >= 0.3 is 5.97 Å². The number of hydrogen-bond donors (Lipinski definition) is 2. The van der Waals surface area contributed by atoms with Crippen LogP contribution in [-0.4, -0.2) is 26.8 Å². The number of carboxylic acids is 1. The number of benzene rings is 1. The summed E-state index contributed by atoms with van der Waals surface area (Å²) in [7, 11) is 1.64. The number of hydrogen-bond acceptors (Lipinski definition) is 3. The molecule has 110 valence electrons. The number of carboxylic acid groups (broad SMARTS) is 1. The highest BCUT2D eigenvalue weighted by Crippen LogP contribution is 2.16. The van der Waals surface area contributed by atoms with Crippen molar-refractivity contribution >= 4 is 17.6 Å². The molecule has 0 saturated carbocycles. The molecular formula is C14H14FN3O3. The Bertz CT molecular complexity index is 709. The third kappa shape index (κ3) is 3.07. The lowest BCUT2D eigenvalue weighted by atomic mass is 10.2. The van der Waals surface area contributed by atoms with Crippen molar-refractivity contribution < 1.29 is 19.1 Å². The van der Waals surface area contributed by atoms with E-state index in [4.69, 9.17) is 5.11 Å². The first-order valence-corrected chi connectivity index (χ1v) is 6.29. The van der Waals surface area contributed by atoms with E-state index in [9.17, 15) is 14.0 Å². The number of carbonyl (C=O) groups excluding carboxylic acids is 1. The van der Waals surface area contributed by atoms with Crippen molar-refractivity contribution in [2.24, 2.45) is 7.05 Å². The zero-order valence-electron chi connectivity index (χ0n) is 11.6. The molecule has 1 aromatic heterocycles. The Morgan fingerprint density at radius 3 is 2.67 bits per heavy atom.